The Morgan fingerprint density at radius 1 is 1.15 bits per heavy atom. The van der Waals surface area contributed by atoms with Gasteiger partial charge in [0.15, 0.2) is 6.10 Å². The highest BCUT2D eigenvalue weighted by molar-refractivity contribution is 8.00. The average Bonchev–Trinajstić information content (AvgIpc) is 2.88. The van der Waals surface area contributed by atoms with Crippen LogP contribution in [0.4, 0.5) is 0 Å². The molecule has 0 radical (unpaired) electrons. The number of ketones is 1. The molecule has 26 heavy (non-hydrogen) atoms. The third-order valence-corrected chi connectivity index (χ3v) is 5.61. The van der Waals surface area contributed by atoms with Gasteiger partial charge in [0.2, 0.25) is 0 Å². The van der Waals surface area contributed by atoms with Crippen LogP contribution < -0.4 is 5.32 Å². The largest absolute Gasteiger partial charge is 0.449 e. The number of rotatable bonds is 7. The molecule has 0 spiro atoms. The van der Waals surface area contributed by atoms with Crippen LogP contribution in [0.2, 0.25) is 0 Å². The molecule has 1 aliphatic rings. The summed E-state index contributed by atoms with van der Waals surface area (Å²) in [4.78, 5) is 36.7. The fourth-order valence-electron chi connectivity index (χ4n) is 2.96. The van der Waals surface area contributed by atoms with Gasteiger partial charge in [0.1, 0.15) is 5.78 Å². The van der Waals surface area contributed by atoms with Crippen LogP contribution in [0.15, 0.2) is 29.2 Å². The van der Waals surface area contributed by atoms with Crippen LogP contribution in [-0.4, -0.2) is 35.6 Å². The number of Topliss-reactive ketones (excluding diaryl/α,β-unsaturated/α-hetero) is 1. The lowest BCUT2D eigenvalue weighted by Gasteiger charge is -2.20. The maximum Gasteiger partial charge on any atom is 0.340 e. The Labute approximate surface area is 159 Å². The second-order valence-corrected chi connectivity index (χ2v) is 7.75. The van der Waals surface area contributed by atoms with Crippen LogP contribution in [0, 0.1) is 0 Å². The monoisotopic (exact) mass is 377 g/mol. The number of carbonyl (C=O) groups excluding carboxylic acids is 3. The van der Waals surface area contributed by atoms with E-state index in [0.717, 1.165) is 25.7 Å². The first kappa shape index (κ1) is 20.5. The van der Waals surface area contributed by atoms with Gasteiger partial charge in [-0.1, -0.05) is 37.8 Å². The standard InChI is InChI=1S/C20H27NO4S/c1-14(22)13-26-18-12-8-7-11-17(18)20(24)25-15(2)19(23)21-16-9-5-3-4-6-10-16/h7-8,11-12,15-16H,3-6,9-10,13H2,1-2H3,(H,21,23)/t15-/m0/s1. The van der Waals surface area contributed by atoms with Gasteiger partial charge in [-0.3, -0.25) is 9.59 Å². The third kappa shape index (κ3) is 6.48. The molecule has 0 bridgehead atoms. The van der Waals surface area contributed by atoms with Crippen molar-refractivity contribution in [2.75, 3.05) is 5.75 Å². The van der Waals surface area contributed by atoms with Gasteiger partial charge in [0, 0.05) is 10.9 Å². The van der Waals surface area contributed by atoms with Crippen LogP contribution in [0.5, 0.6) is 0 Å². The molecule has 1 saturated carbocycles. The second kappa shape index (κ2) is 10.4. The van der Waals surface area contributed by atoms with Crippen molar-refractivity contribution >= 4 is 29.4 Å². The number of hydrogen-bond acceptors (Lipinski definition) is 5. The van der Waals surface area contributed by atoms with Gasteiger partial charge in [-0.05, 0) is 38.8 Å². The van der Waals surface area contributed by atoms with Crippen molar-refractivity contribution < 1.29 is 19.1 Å². The van der Waals surface area contributed by atoms with Crippen molar-refractivity contribution in [3.63, 3.8) is 0 Å². The number of thioether (sulfide) groups is 1. The van der Waals surface area contributed by atoms with Crippen LogP contribution >= 0.6 is 11.8 Å². The zero-order valence-electron chi connectivity index (χ0n) is 15.5. The molecule has 6 heteroatoms. The Bertz CT molecular complexity index is 638. The van der Waals surface area contributed by atoms with Crippen molar-refractivity contribution in [2.24, 2.45) is 0 Å². The Hall–Kier alpha value is -1.82. The zero-order valence-corrected chi connectivity index (χ0v) is 16.3. The highest BCUT2D eigenvalue weighted by Crippen LogP contribution is 2.24. The fourth-order valence-corrected chi connectivity index (χ4v) is 3.80. The summed E-state index contributed by atoms with van der Waals surface area (Å²) in [7, 11) is 0. The molecule has 0 aliphatic heterocycles. The third-order valence-electron chi connectivity index (χ3n) is 4.39. The van der Waals surface area contributed by atoms with Gasteiger partial charge in [0.25, 0.3) is 5.91 Å². The van der Waals surface area contributed by atoms with Crippen molar-refractivity contribution in [3.8, 4) is 0 Å². The first-order chi connectivity index (χ1) is 12.5. The van der Waals surface area contributed by atoms with E-state index in [1.54, 1.807) is 31.2 Å². The summed E-state index contributed by atoms with van der Waals surface area (Å²) in [5, 5.41) is 3.00. The smallest absolute Gasteiger partial charge is 0.340 e. The first-order valence-corrected chi connectivity index (χ1v) is 10.2. The summed E-state index contributed by atoms with van der Waals surface area (Å²) in [5.74, 6) is -0.462. The van der Waals surface area contributed by atoms with Crippen LogP contribution in [0.1, 0.15) is 62.7 Å². The lowest BCUT2D eigenvalue weighted by Crippen LogP contribution is -2.41. The Morgan fingerprint density at radius 2 is 1.81 bits per heavy atom. The topological polar surface area (TPSA) is 72.5 Å². The predicted molar refractivity (Wildman–Crippen MR) is 102 cm³/mol. The van der Waals surface area contributed by atoms with Crippen molar-refractivity contribution in [3.05, 3.63) is 29.8 Å². The molecular formula is C20H27NO4S. The van der Waals surface area contributed by atoms with E-state index in [2.05, 4.69) is 5.32 Å². The quantitative estimate of drug-likeness (QED) is 0.445. The molecular weight excluding hydrogens is 350 g/mol. The summed E-state index contributed by atoms with van der Waals surface area (Å²) in [6.07, 6.45) is 5.79. The minimum absolute atomic E-state index is 0.0364. The number of esters is 1. The molecule has 1 amide bonds. The maximum absolute atomic E-state index is 12.5. The minimum Gasteiger partial charge on any atom is -0.449 e. The van der Waals surface area contributed by atoms with Gasteiger partial charge >= 0.3 is 5.97 Å². The molecule has 1 aromatic carbocycles. The minimum atomic E-state index is -0.850. The Balaban J connectivity index is 1.93. The summed E-state index contributed by atoms with van der Waals surface area (Å²) < 4.78 is 5.37. The average molecular weight is 378 g/mol. The molecule has 142 valence electrons. The molecule has 0 saturated heterocycles. The number of hydrogen-bond donors (Lipinski definition) is 1. The number of benzene rings is 1. The molecule has 1 aliphatic carbocycles. The van der Waals surface area contributed by atoms with Crippen molar-refractivity contribution in [2.45, 2.75) is 69.4 Å². The molecule has 0 aromatic heterocycles. The molecule has 0 heterocycles. The van der Waals surface area contributed by atoms with E-state index in [0.29, 0.717) is 16.2 Å². The van der Waals surface area contributed by atoms with Crippen molar-refractivity contribution in [1.29, 1.82) is 0 Å². The molecule has 5 nitrogen and oxygen atoms in total. The highest BCUT2D eigenvalue weighted by Gasteiger charge is 2.23. The lowest BCUT2D eigenvalue weighted by molar-refractivity contribution is -0.129. The summed E-state index contributed by atoms with van der Waals surface area (Å²) in [6.45, 7) is 3.10. The second-order valence-electron chi connectivity index (χ2n) is 6.73. The number of amides is 1. The molecule has 1 atom stereocenters. The van der Waals surface area contributed by atoms with Crippen LogP contribution in [0.3, 0.4) is 0 Å². The van der Waals surface area contributed by atoms with Crippen LogP contribution in [-0.2, 0) is 14.3 Å². The van der Waals surface area contributed by atoms with Crippen molar-refractivity contribution in [1.82, 2.24) is 5.32 Å². The van der Waals surface area contributed by atoms with E-state index < -0.39 is 12.1 Å². The first-order valence-electron chi connectivity index (χ1n) is 9.20. The van der Waals surface area contributed by atoms with Gasteiger partial charge in [-0.2, -0.15) is 0 Å². The Morgan fingerprint density at radius 3 is 2.46 bits per heavy atom. The van der Waals surface area contributed by atoms with E-state index in [1.807, 2.05) is 0 Å². The highest BCUT2D eigenvalue weighted by atomic mass is 32.2. The SMILES string of the molecule is CC(=O)CSc1ccccc1C(=O)O[C@@H](C)C(=O)NC1CCCCCC1. The number of ether oxygens (including phenoxy) is 1. The van der Waals surface area contributed by atoms with E-state index in [1.165, 1.54) is 31.5 Å². The lowest BCUT2D eigenvalue weighted by atomic mass is 10.1. The normalized spacial score (nSPS) is 16.4. The predicted octanol–water partition coefficient (Wildman–Crippen LogP) is 3.75. The summed E-state index contributed by atoms with van der Waals surface area (Å²) >= 11 is 1.30. The Kier molecular flexibility index (Phi) is 8.16. The van der Waals surface area contributed by atoms with E-state index in [9.17, 15) is 14.4 Å². The number of nitrogens with one attached hydrogen (secondary N) is 1. The van der Waals surface area contributed by atoms with E-state index in [4.69, 9.17) is 4.74 Å². The number of carbonyl (C=O) groups is 3. The van der Waals surface area contributed by atoms with Gasteiger partial charge in [0.05, 0.1) is 11.3 Å². The fraction of sp³-hybridized carbons (Fsp3) is 0.550. The molecule has 1 fully saturated rings. The van der Waals surface area contributed by atoms with E-state index in [-0.39, 0.29) is 17.7 Å². The maximum atomic E-state index is 12.5. The summed E-state index contributed by atoms with van der Waals surface area (Å²) in [5.41, 5.74) is 0.382. The van der Waals surface area contributed by atoms with Gasteiger partial charge < -0.3 is 10.1 Å². The van der Waals surface area contributed by atoms with Gasteiger partial charge in [-0.25, -0.2) is 4.79 Å². The van der Waals surface area contributed by atoms with E-state index >= 15 is 0 Å². The summed E-state index contributed by atoms with van der Waals surface area (Å²) in [6, 6.07) is 7.15. The molecule has 1 aromatic rings. The van der Waals surface area contributed by atoms with Gasteiger partial charge in [-0.15, -0.1) is 11.8 Å². The zero-order chi connectivity index (χ0) is 18.9. The molecule has 0 unspecified atom stereocenters. The molecule has 2 rings (SSSR count). The van der Waals surface area contributed by atoms with Crippen LogP contribution in [0.25, 0.3) is 0 Å². The molecule has 1 N–H and O–H groups in total.